The van der Waals surface area contributed by atoms with Crippen LogP contribution >= 0.6 is 0 Å². The second-order valence-corrected chi connectivity index (χ2v) is 6.97. The summed E-state index contributed by atoms with van der Waals surface area (Å²) in [6.07, 6.45) is 2.34. The van der Waals surface area contributed by atoms with Crippen LogP contribution < -0.4 is 0 Å². The zero-order valence-electron chi connectivity index (χ0n) is 14.2. The van der Waals surface area contributed by atoms with Crippen LogP contribution in [0.2, 0.25) is 0 Å². The van der Waals surface area contributed by atoms with Gasteiger partial charge in [-0.1, -0.05) is 12.1 Å². The summed E-state index contributed by atoms with van der Waals surface area (Å²) < 4.78 is 5.36. The summed E-state index contributed by atoms with van der Waals surface area (Å²) in [6, 6.07) is 9.37. The van der Waals surface area contributed by atoms with Gasteiger partial charge in [0.1, 0.15) is 0 Å². The van der Waals surface area contributed by atoms with E-state index in [0.29, 0.717) is 44.8 Å². The summed E-state index contributed by atoms with van der Waals surface area (Å²) in [7, 11) is 0. The van der Waals surface area contributed by atoms with E-state index in [1.165, 1.54) is 0 Å². The van der Waals surface area contributed by atoms with Crippen LogP contribution in [-0.2, 0) is 4.74 Å². The molecule has 4 rings (SSSR count). The Morgan fingerprint density at radius 3 is 2.88 bits per heavy atom. The van der Waals surface area contributed by atoms with Crippen molar-refractivity contribution < 1.29 is 14.6 Å². The number of hydrogen-bond donors (Lipinski definition) is 1. The fourth-order valence-corrected chi connectivity index (χ4v) is 3.79. The lowest BCUT2D eigenvalue weighted by atomic mass is 10.0. The van der Waals surface area contributed by atoms with Gasteiger partial charge in [0.15, 0.2) is 0 Å². The van der Waals surface area contributed by atoms with Gasteiger partial charge >= 0.3 is 0 Å². The third-order valence-electron chi connectivity index (χ3n) is 5.12. The third kappa shape index (κ3) is 3.38. The highest BCUT2D eigenvalue weighted by Gasteiger charge is 2.40. The summed E-state index contributed by atoms with van der Waals surface area (Å²) in [5, 5.41) is 11.8. The average Bonchev–Trinajstić information content (AvgIpc) is 3.03. The first-order valence-electron chi connectivity index (χ1n) is 8.80. The number of likely N-dealkylation sites (tertiary alicyclic amines) is 1. The van der Waals surface area contributed by atoms with E-state index < -0.39 is 5.60 Å². The molecule has 0 aliphatic carbocycles. The Hall–Kier alpha value is -2.02. The summed E-state index contributed by atoms with van der Waals surface area (Å²) in [5.41, 5.74) is 0.632. The molecular weight excluding hydrogens is 318 g/mol. The molecule has 0 unspecified atom stereocenters. The number of aliphatic hydroxyl groups is 1. The lowest BCUT2D eigenvalue weighted by molar-refractivity contribution is -0.0257. The van der Waals surface area contributed by atoms with Gasteiger partial charge in [-0.25, -0.2) is 0 Å². The van der Waals surface area contributed by atoms with Gasteiger partial charge in [0.2, 0.25) is 0 Å². The first-order valence-corrected chi connectivity index (χ1v) is 8.80. The topological polar surface area (TPSA) is 65.9 Å². The second kappa shape index (κ2) is 6.71. The maximum absolute atomic E-state index is 13.0. The Morgan fingerprint density at radius 1 is 1.20 bits per heavy atom. The van der Waals surface area contributed by atoms with Crippen LogP contribution in [-0.4, -0.2) is 77.3 Å². The highest BCUT2D eigenvalue weighted by atomic mass is 16.5. The lowest BCUT2D eigenvalue weighted by Crippen LogP contribution is -2.49. The number of hydrogen-bond acceptors (Lipinski definition) is 5. The van der Waals surface area contributed by atoms with Crippen molar-refractivity contribution in [1.29, 1.82) is 0 Å². The van der Waals surface area contributed by atoms with Crippen molar-refractivity contribution in [3.63, 3.8) is 0 Å². The smallest absolute Gasteiger partial charge is 0.254 e. The maximum atomic E-state index is 13.0. The molecule has 2 saturated heterocycles. The van der Waals surface area contributed by atoms with E-state index in [1.807, 2.05) is 30.3 Å². The van der Waals surface area contributed by atoms with Crippen molar-refractivity contribution >= 4 is 16.8 Å². The maximum Gasteiger partial charge on any atom is 0.254 e. The minimum absolute atomic E-state index is 0.0310. The quantitative estimate of drug-likeness (QED) is 0.907. The van der Waals surface area contributed by atoms with Crippen molar-refractivity contribution in [1.82, 2.24) is 14.8 Å². The Labute approximate surface area is 147 Å². The van der Waals surface area contributed by atoms with Gasteiger partial charge in [-0.3, -0.25) is 14.7 Å². The van der Waals surface area contributed by atoms with E-state index in [2.05, 4.69) is 9.88 Å². The summed E-state index contributed by atoms with van der Waals surface area (Å²) >= 11 is 0. The van der Waals surface area contributed by atoms with E-state index in [0.717, 1.165) is 24.0 Å². The van der Waals surface area contributed by atoms with Crippen molar-refractivity contribution in [3.8, 4) is 0 Å². The van der Waals surface area contributed by atoms with Gasteiger partial charge in [0, 0.05) is 43.3 Å². The van der Waals surface area contributed by atoms with Gasteiger partial charge in [0.05, 0.1) is 30.9 Å². The molecule has 25 heavy (non-hydrogen) atoms. The number of pyridine rings is 1. The molecule has 1 N–H and O–H groups in total. The van der Waals surface area contributed by atoms with Crippen molar-refractivity contribution in [2.24, 2.45) is 0 Å². The Bertz CT molecular complexity index is 770. The van der Waals surface area contributed by atoms with E-state index in [4.69, 9.17) is 4.74 Å². The molecule has 0 bridgehead atoms. The number of amides is 1. The van der Waals surface area contributed by atoms with Crippen LogP contribution in [0.15, 0.2) is 36.5 Å². The third-order valence-corrected chi connectivity index (χ3v) is 5.12. The van der Waals surface area contributed by atoms with Crippen LogP contribution in [0.25, 0.3) is 10.9 Å². The normalized spacial score (nSPS) is 24.8. The summed E-state index contributed by atoms with van der Waals surface area (Å²) in [6.45, 7) is 4.65. The molecule has 0 radical (unpaired) electrons. The monoisotopic (exact) mass is 341 g/mol. The molecular formula is C19H23N3O3. The van der Waals surface area contributed by atoms with E-state index >= 15 is 0 Å². The number of fused-ring (bicyclic) bond motifs is 1. The largest absolute Gasteiger partial charge is 0.387 e. The SMILES string of the molecule is O=C(c1cccc2ncccc12)N1CC[C@@](O)(CN2CCOCC2)C1. The van der Waals surface area contributed by atoms with Crippen molar-refractivity contribution in [3.05, 3.63) is 42.1 Å². The first kappa shape index (κ1) is 16.4. The highest BCUT2D eigenvalue weighted by Crippen LogP contribution is 2.26. The number of carbonyl (C=O) groups is 1. The van der Waals surface area contributed by atoms with Crippen LogP contribution in [0.4, 0.5) is 0 Å². The number of β-amino-alcohol motifs (C(OH)–C–C–N with tert-alkyl or cyclic N) is 1. The number of benzene rings is 1. The van der Waals surface area contributed by atoms with Gasteiger partial charge in [-0.05, 0) is 24.6 Å². The van der Waals surface area contributed by atoms with Gasteiger partial charge in [0.25, 0.3) is 5.91 Å². The molecule has 2 fully saturated rings. The van der Waals surface area contributed by atoms with Gasteiger partial charge in [-0.2, -0.15) is 0 Å². The molecule has 2 aliphatic heterocycles. The molecule has 3 heterocycles. The predicted molar refractivity (Wildman–Crippen MR) is 94.5 cm³/mol. The number of aromatic nitrogens is 1. The molecule has 1 aromatic heterocycles. The molecule has 6 heteroatoms. The number of rotatable bonds is 3. The molecule has 1 atom stereocenters. The molecule has 1 amide bonds. The lowest BCUT2D eigenvalue weighted by Gasteiger charge is -2.33. The van der Waals surface area contributed by atoms with Crippen molar-refractivity contribution in [2.75, 3.05) is 45.9 Å². The molecule has 0 spiro atoms. The van der Waals surface area contributed by atoms with Crippen LogP contribution in [0, 0.1) is 0 Å². The highest BCUT2D eigenvalue weighted by molar-refractivity contribution is 6.06. The number of ether oxygens (including phenoxy) is 1. The van der Waals surface area contributed by atoms with E-state index in [1.54, 1.807) is 11.1 Å². The first-order chi connectivity index (χ1) is 12.1. The standard InChI is InChI=1S/C19H23N3O3/c23-18(16-3-1-5-17-15(16)4-2-7-20-17)22-8-6-19(24,14-22)13-21-9-11-25-12-10-21/h1-5,7,24H,6,8-14H2/t19-/m1/s1. The minimum Gasteiger partial charge on any atom is -0.387 e. The number of morpholine rings is 1. The predicted octanol–water partition coefficient (Wildman–Crippen LogP) is 1.14. The van der Waals surface area contributed by atoms with Crippen molar-refractivity contribution in [2.45, 2.75) is 12.0 Å². The molecule has 0 saturated carbocycles. The van der Waals surface area contributed by atoms with Gasteiger partial charge in [-0.15, -0.1) is 0 Å². The van der Waals surface area contributed by atoms with Crippen LogP contribution in [0.1, 0.15) is 16.8 Å². The zero-order chi connectivity index (χ0) is 17.3. The fourth-order valence-electron chi connectivity index (χ4n) is 3.79. The average molecular weight is 341 g/mol. The Morgan fingerprint density at radius 2 is 2.04 bits per heavy atom. The molecule has 2 aromatic rings. The van der Waals surface area contributed by atoms with Crippen LogP contribution in [0.5, 0.6) is 0 Å². The summed E-state index contributed by atoms with van der Waals surface area (Å²) in [4.78, 5) is 21.3. The molecule has 2 aliphatic rings. The second-order valence-electron chi connectivity index (χ2n) is 6.97. The Kier molecular flexibility index (Phi) is 4.41. The molecule has 6 nitrogen and oxygen atoms in total. The molecule has 1 aromatic carbocycles. The minimum atomic E-state index is -0.837. The van der Waals surface area contributed by atoms with E-state index in [-0.39, 0.29) is 5.91 Å². The zero-order valence-corrected chi connectivity index (χ0v) is 14.2. The van der Waals surface area contributed by atoms with Crippen LogP contribution in [0.3, 0.4) is 0 Å². The van der Waals surface area contributed by atoms with E-state index in [9.17, 15) is 9.90 Å². The van der Waals surface area contributed by atoms with Gasteiger partial charge < -0.3 is 14.7 Å². The summed E-state index contributed by atoms with van der Waals surface area (Å²) in [5.74, 6) is -0.0310. The number of carbonyl (C=O) groups excluding carboxylic acids is 1. The Balaban J connectivity index is 1.49. The fraction of sp³-hybridized carbons (Fsp3) is 0.474. The number of nitrogens with zero attached hydrogens (tertiary/aromatic N) is 3. The molecule has 132 valence electrons.